The first-order valence-electron chi connectivity index (χ1n) is 7.79. The summed E-state index contributed by atoms with van der Waals surface area (Å²) in [5.74, 6) is -2.19. The smallest absolute Gasteiger partial charge is 0.228 e. The van der Waals surface area contributed by atoms with Gasteiger partial charge in [0.25, 0.3) is 0 Å². The second-order valence-electron chi connectivity index (χ2n) is 4.07. The van der Waals surface area contributed by atoms with Crippen LogP contribution in [-0.2, 0) is 4.79 Å². The van der Waals surface area contributed by atoms with E-state index in [1.807, 2.05) is 0 Å². The van der Waals surface area contributed by atoms with Crippen LogP contribution in [0.3, 0.4) is 0 Å². The van der Waals surface area contributed by atoms with Crippen molar-refractivity contribution in [2.75, 3.05) is 5.32 Å². The molecule has 3 rings (SSSR count). The van der Waals surface area contributed by atoms with E-state index in [4.69, 9.17) is 6.85 Å². The highest BCUT2D eigenvalue weighted by atomic mass is 16.2. The highest BCUT2D eigenvalue weighted by Gasteiger charge is 2.36. The molecule has 1 N–H and O–H groups in total. The van der Waals surface area contributed by atoms with Crippen LogP contribution in [0.15, 0.2) is 24.2 Å². The Balaban J connectivity index is 2.29. The zero-order valence-electron chi connectivity index (χ0n) is 13.3. The van der Waals surface area contributed by atoms with Gasteiger partial charge in [-0.05, 0) is 30.4 Å². The highest BCUT2D eigenvalue weighted by molar-refractivity contribution is 5.96. The van der Waals surface area contributed by atoms with Gasteiger partial charge in [-0.25, -0.2) is 0 Å². The van der Waals surface area contributed by atoms with Crippen molar-refractivity contribution in [3.05, 3.63) is 29.7 Å². The Hall–Kier alpha value is -1.31. The molecule has 0 saturated heterocycles. The fraction of sp³-hybridized carbons (Fsp3) is 0.462. The number of para-hydroxylation sites is 1. The van der Waals surface area contributed by atoms with Crippen molar-refractivity contribution in [1.29, 1.82) is 0 Å². The maximum atomic E-state index is 12.2. The first-order valence-corrected chi connectivity index (χ1v) is 5.29. The van der Waals surface area contributed by atoms with Gasteiger partial charge in [0, 0.05) is 13.0 Å². The van der Waals surface area contributed by atoms with Gasteiger partial charge in [-0.1, -0.05) is 31.0 Å². The summed E-state index contributed by atoms with van der Waals surface area (Å²) in [4.78, 5) is 12.2. The lowest BCUT2D eigenvalue weighted by Crippen LogP contribution is -2.35. The van der Waals surface area contributed by atoms with Crippen molar-refractivity contribution < 1.29 is 11.6 Å². The van der Waals surface area contributed by atoms with E-state index in [1.54, 1.807) is 0 Å². The normalized spacial score (nSPS) is 38.5. The lowest BCUT2D eigenvalue weighted by atomic mass is 9.72. The number of rotatable bonds is 0. The van der Waals surface area contributed by atoms with E-state index in [0.29, 0.717) is 18.4 Å². The fourth-order valence-corrected chi connectivity index (χ4v) is 2.48. The van der Waals surface area contributed by atoms with Gasteiger partial charge in [-0.2, -0.15) is 0 Å². The lowest BCUT2D eigenvalue weighted by molar-refractivity contribution is -0.121. The minimum Gasteiger partial charge on any atom is -0.326 e. The highest BCUT2D eigenvalue weighted by Crippen LogP contribution is 2.44. The fourth-order valence-electron chi connectivity index (χ4n) is 2.48. The molecule has 0 aromatic heterocycles. The zero-order valence-corrected chi connectivity index (χ0v) is 8.31. The Bertz CT molecular complexity index is 618. The van der Waals surface area contributed by atoms with Crippen molar-refractivity contribution in [2.45, 2.75) is 31.6 Å². The molecule has 2 nitrogen and oxygen atoms in total. The number of hydrogen-bond donors (Lipinski definition) is 1. The third-order valence-corrected chi connectivity index (χ3v) is 3.20. The van der Waals surface area contributed by atoms with Gasteiger partial charge >= 0.3 is 0 Å². The SMILES string of the molecule is [2H]c1c([2H])c([2H])c2c(c1[2H])NC(=O)[C@]1([2H])CCCC[C@H]21. The van der Waals surface area contributed by atoms with Gasteiger partial charge < -0.3 is 5.32 Å². The van der Waals surface area contributed by atoms with E-state index in [9.17, 15) is 4.79 Å². The third kappa shape index (κ3) is 1.36. The monoisotopic (exact) mass is 206 g/mol. The minimum atomic E-state index is -1.30. The summed E-state index contributed by atoms with van der Waals surface area (Å²) >= 11 is 0. The van der Waals surface area contributed by atoms with Crippen LogP contribution in [0.5, 0.6) is 0 Å². The van der Waals surface area contributed by atoms with E-state index in [1.165, 1.54) is 0 Å². The predicted molar refractivity (Wildman–Crippen MR) is 59.8 cm³/mol. The number of fused-ring (bicyclic) bond motifs is 3. The summed E-state index contributed by atoms with van der Waals surface area (Å²) < 4.78 is 39.9. The Labute approximate surface area is 96.7 Å². The minimum absolute atomic E-state index is 0.121. The largest absolute Gasteiger partial charge is 0.326 e. The quantitative estimate of drug-likeness (QED) is 0.694. The molecule has 0 bridgehead atoms. The first-order chi connectivity index (χ1) is 9.38. The molecule has 1 heterocycles. The van der Waals surface area contributed by atoms with E-state index in [-0.39, 0.29) is 29.9 Å². The summed E-state index contributed by atoms with van der Waals surface area (Å²) in [6.45, 7) is 0. The van der Waals surface area contributed by atoms with Crippen LogP contribution in [0.2, 0.25) is 0 Å². The molecule has 1 fully saturated rings. The summed E-state index contributed by atoms with van der Waals surface area (Å²) in [7, 11) is 0. The molecule has 1 aromatic carbocycles. The topological polar surface area (TPSA) is 29.1 Å². The molecule has 78 valence electrons. The molecule has 0 spiro atoms. The van der Waals surface area contributed by atoms with Gasteiger partial charge in [-0.15, -0.1) is 0 Å². The molecule has 0 unspecified atom stereocenters. The maximum absolute atomic E-state index is 12.2. The van der Waals surface area contributed by atoms with Crippen molar-refractivity contribution in [1.82, 2.24) is 0 Å². The van der Waals surface area contributed by atoms with Crippen LogP contribution >= 0.6 is 0 Å². The molecule has 1 amide bonds. The predicted octanol–water partition coefficient (Wildman–Crippen LogP) is 2.91. The van der Waals surface area contributed by atoms with Crippen LogP contribution in [0.4, 0.5) is 5.69 Å². The number of carbonyl (C=O) groups is 1. The summed E-state index contributed by atoms with van der Waals surface area (Å²) in [5, 5.41) is 2.54. The second kappa shape index (κ2) is 3.37. The molecule has 1 aliphatic heterocycles. The molecule has 15 heavy (non-hydrogen) atoms. The number of hydrogen-bond acceptors (Lipinski definition) is 1. The number of anilines is 1. The lowest BCUT2D eigenvalue weighted by Gasteiger charge is -2.36. The molecule has 1 saturated carbocycles. The van der Waals surface area contributed by atoms with Gasteiger partial charge in [0.1, 0.15) is 0 Å². The zero-order chi connectivity index (χ0) is 14.7. The van der Waals surface area contributed by atoms with Gasteiger partial charge in [0.2, 0.25) is 5.91 Å². The van der Waals surface area contributed by atoms with Crippen LogP contribution in [0.25, 0.3) is 0 Å². The van der Waals surface area contributed by atoms with Crippen molar-refractivity contribution in [3.8, 4) is 0 Å². The summed E-state index contributed by atoms with van der Waals surface area (Å²) in [5.41, 5.74) is 0.570. The Morgan fingerprint density at radius 3 is 3.07 bits per heavy atom. The second-order valence-corrected chi connectivity index (χ2v) is 4.07. The molecule has 1 aliphatic carbocycles. The number of amides is 1. The van der Waals surface area contributed by atoms with E-state index in [0.717, 1.165) is 12.8 Å². The van der Waals surface area contributed by atoms with E-state index in [2.05, 4.69) is 5.32 Å². The van der Waals surface area contributed by atoms with Crippen LogP contribution in [0, 0.1) is 5.89 Å². The molecule has 2 aliphatic rings. The Morgan fingerprint density at radius 2 is 2.13 bits per heavy atom. The third-order valence-electron chi connectivity index (χ3n) is 3.20. The van der Waals surface area contributed by atoms with Gasteiger partial charge in [0.15, 0.2) is 0 Å². The average Bonchev–Trinajstić information content (AvgIpc) is 2.43. The van der Waals surface area contributed by atoms with Gasteiger partial charge in [-0.3, -0.25) is 4.79 Å². The first kappa shape index (κ1) is 5.15. The number of carbonyl (C=O) groups excluding carboxylic acids is 1. The van der Waals surface area contributed by atoms with Crippen LogP contribution in [0.1, 0.15) is 44.0 Å². The summed E-state index contributed by atoms with van der Waals surface area (Å²) in [6.07, 6.45) is 2.73. The molecule has 0 radical (unpaired) electrons. The van der Waals surface area contributed by atoms with Crippen molar-refractivity contribution in [3.63, 3.8) is 0 Å². The van der Waals surface area contributed by atoms with Crippen LogP contribution in [-0.4, -0.2) is 5.91 Å². The molecule has 2 heteroatoms. The summed E-state index contributed by atoms with van der Waals surface area (Å²) in [6, 6.07) is -0.980. The maximum Gasteiger partial charge on any atom is 0.228 e. The van der Waals surface area contributed by atoms with Crippen molar-refractivity contribution in [2.24, 2.45) is 5.89 Å². The molecule has 2 atom stereocenters. The van der Waals surface area contributed by atoms with E-state index < -0.39 is 17.7 Å². The average molecular weight is 206 g/mol. The Morgan fingerprint density at radius 1 is 1.33 bits per heavy atom. The number of nitrogens with one attached hydrogen (secondary N) is 1. The standard InChI is InChI=1S/C13H15NO/c15-13-11-7-2-1-5-9(11)10-6-3-4-8-12(10)14-13/h3-4,6,8-9,11H,1-2,5,7H2,(H,14,15)/t9-,11-/m1/s1/i3D,4D,6D,8D,11D. The van der Waals surface area contributed by atoms with Crippen LogP contribution < -0.4 is 5.32 Å². The van der Waals surface area contributed by atoms with E-state index >= 15 is 0 Å². The number of benzene rings is 1. The van der Waals surface area contributed by atoms with Crippen molar-refractivity contribution >= 4 is 11.6 Å². The molecular formula is C13H15NO. The van der Waals surface area contributed by atoms with Gasteiger partial charge in [0.05, 0.1) is 5.48 Å². The molecule has 1 aromatic rings. The Kier molecular flexibility index (Phi) is 1.16. The molecular weight excluding hydrogens is 186 g/mol.